The number of hydrogen-bond donors (Lipinski definition) is 0. The fraction of sp³-hybridized carbons (Fsp3) is 0.667. The molecule has 14 heavy (non-hydrogen) atoms. The van der Waals surface area contributed by atoms with E-state index in [1.165, 1.54) is 0 Å². The Hall–Kier alpha value is -0.600. The van der Waals surface area contributed by atoms with Gasteiger partial charge in [0.25, 0.3) is 0 Å². The Labute approximate surface area is 84.7 Å². The maximum atomic E-state index is 11.4. The maximum absolute atomic E-state index is 11.4. The monoisotopic (exact) mass is 220 g/mol. The van der Waals surface area contributed by atoms with E-state index in [1.54, 1.807) is 20.5 Å². The molecule has 1 unspecified atom stereocenters. The third-order valence-corrected chi connectivity index (χ3v) is 3.48. The topological polar surface area (TPSA) is 52.6 Å². The smallest absolute Gasteiger partial charge is 0.333 e. The number of rotatable bonds is 6. The predicted octanol–water partition coefficient (Wildman–Crippen LogP) is 2.05. The minimum atomic E-state index is -2.47. The highest BCUT2D eigenvalue weighted by Gasteiger charge is 2.12. The van der Waals surface area contributed by atoms with Crippen molar-refractivity contribution in [1.29, 1.82) is 0 Å². The zero-order valence-electron chi connectivity index (χ0n) is 8.91. The van der Waals surface area contributed by atoms with Gasteiger partial charge in [-0.15, -0.1) is 0 Å². The van der Waals surface area contributed by atoms with E-state index in [-0.39, 0.29) is 13.2 Å². The molecule has 0 aliphatic rings. The summed E-state index contributed by atoms with van der Waals surface area (Å²) in [6.07, 6.45) is 0.488. The molecule has 0 saturated heterocycles. The fourth-order valence-corrected chi connectivity index (χ4v) is 1.22. The lowest BCUT2D eigenvalue weighted by molar-refractivity contribution is -0.139. The van der Waals surface area contributed by atoms with Crippen LogP contribution in [0, 0.1) is 0 Å². The van der Waals surface area contributed by atoms with E-state index >= 15 is 0 Å². The Morgan fingerprint density at radius 2 is 2.00 bits per heavy atom. The molecule has 5 heteroatoms. The molecule has 0 spiro atoms. The summed E-state index contributed by atoms with van der Waals surface area (Å²) in [5, 5.41) is 0. The number of hydrogen-bond acceptors (Lipinski definition) is 4. The van der Waals surface area contributed by atoms with Gasteiger partial charge < -0.3 is 9.26 Å². The first-order valence-electron chi connectivity index (χ1n) is 4.42. The molecule has 0 radical (unpaired) electrons. The SMILES string of the molecule is C=C(C)C(=O)OCCOP(C)(=O)CC. The van der Waals surface area contributed by atoms with Crippen LogP contribution in [0.1, 0.15) is 13.8 Å². The van der Waals surface area contributed by atoms with Gasteiger partial charge in [-0.1, -0.05) is 13.5 Å². The molecule has 0 N–H and O–H groups in total. The third-order valence-electron chi connectivity index (χ3n) is 1.60. The first-order valence-corrected chi connectivity index (χ1v) is 6.68. The second-order valence-corrected chi connectivity index (χ2v) is 6.00. The molecule has 0 amide bonds. The van der Waals surface area contributed by atoms with Crippen LogP contribution in [-0.4, -0.2) is 32.0 Å². The summed E-state index contributed by atoms with van der Waals surface area (Å²) in [6, 6.07) is 0. The quantitative estimate of drug-likeness (QED) is 0.297. The second kappa shape index (κ2) is 5.99. The van der Waals surface area contributed by atoms with E-state index in [4.69, 9.17) is 9.26 Å². The molecule has 0 heterocycles. The molecule has 82 valence electrons. The molecular weight excluding hydrogens is 203 g/mol. The summed E-state index contributed by atoms with van der Waals surface area (Å²) in [4.78, 5) is 10.9. The lowest BCUT2D eigenvalue weighted by atomic mass is 10.4. The number of esters is 1. The molecule has 0 saturated carbocycles. The summed E-state index contributed by atoms with van der Waals surface area (Å²) in [5.74, 6) is -0.448. The predicted molar refractivity (Wildman–Crippen MR) is 55.8 cm³/mol. The largest absolute Gasteiger partial charge is 0.460 e. The van der Waals surface area contributed by atoms with E-state index < -0.39 is 13.3 Å². The van der Waals surface area contributed by atoms with Crippen LogP contribution in [-0.2, 0) is 18.6 Å². The van der Waals surface area contributed by atoms with Gasteiger partial charge in [0.2, 0.25) is 0 Å². The fourth-order valence-electron chi connectivity index (χ4n) is 0.579. The van der Waals surface area contributed by atoms with Crippen LogP contribution in [0.15, 0.2) is 12.2 Å². The minimum Gasteiger partial charge on any atom is -0.460 e. The minimum absolute atomic E-state index is 0.115. The summed E-state index contributed by atoms with van der Waals surface area (Å²) in [6.45, 7) is 8.64. The molecule has 0 aromatic carbocycles. The zero-order chi connectivity index (χ0) is 11.2. The molecular formula is C9H17O4P. The van der Waals surface area contributed by atoms with Crippen LogP contribution in [0.4, 0.5) is 0 Å². The van der Waals surface area contributed by atoms with Crippen LogP contribution in [0.3, 0.4) is 0 Å². The Bertz CT molecular complexity index is 260. The van der Waals surface area contributed by atoms with Gasteiger partial charge in [-0.3, -0.25) is 4.57 Å². The highest BCUT2D eigenvalue weighted by molar-refractivity contribution is 7.58. The second-order valence-electron chi connectivity index (χ2n) is 3.08. The van der Waals surface area contributed by atoms with Crippen molar-refractivity contribution in [2.75, 3.05) is 26.0 Å². The molecule has 0 fully saturated rings. The van der Waals surface area contributed by atoms with E-state index in [0.29, 0.717) is 11.7 Å². The molecule has 0 aromatic rings. The average Bonchev–Trinajstić information content (AvgIpc) is 2.12. The molecule has 0 bridgehead atoms. The van der Waals surface area contributed by atoms with Crippen molar-refractivity contribution in [2.45, 2.75) is 13.8 Å². The summed E-state index contributed by atoms with van der Waals surface area (Å²) in [7, 11) is -2.47. The van der Waals surface area contributed by atoms with Crippen LogP contribution in [0.2, 0.25) is 0 Å². The molecule has 0 aliphatic carbocycles. The van der Waals surface area contributed by atoms with E-state index in [9.17, 15) is 9.36 Å². The highest BCUT2D eigenvalue weighted by atomic mass is 31.2. The summed E-state index contributed by atoms with van der Waals surface area (Å²) >= 11 is 0. The van der Waals surface area contributed by atoms with Crippen molar-refractivity contribution in [3.05, 3.63) is 12.2 Å². The van der Waals surface area contributed by atoms with E-state index in [2.05, 4.69) is 6.58 Å². The van der Waals surface area contributed by atoms with E-state index in [1.807, 2.05) is 0 Å². The van der Waals surface area contributed by atoms with Gasteiger partial charge in [-0.2, -0.15) is 0 Å². The first kappa shape index (κ1) is 13.4. The number of carbonyl (C=O) groups excluding carboxylic acids is 1. The first-order chi connectivity index (χ1) is 6.39. The van der Waals surface area contributed by atoms with Crippen molar-refractivity contribution in [3.63, 3.8) is 0 Å². The Balaban J connectivity index is 3.62. The van der Waals surface area contributed by atoms with Crippen molar-refractivity contribution in [3.8, 4) is 0 Å². The van der Waals surface area contributed by atoms with Gasteiger partial charge in [-0.25, -0.2) is 4.79 Å². The van der Waals surface area contributed by atoms with E-state index in [0.717, 1.165) is 0 Å². The Kier molecular flexibility index (Phi) is 5.73. The Morgan fingerprint density at radius 1 is 1.43 bits per heavy atom. The molecule has 4 nitrogen and oxygen atoms in total. The standard InChI is InChI=1S/C9H17O4P/c1-5-14(4,11)13-7-6-12-9(10)8(2)3/h2,5-7H2,1,3-4H3. The number of ether oxygens (including phenoxy) is 1. The highest BCUT2D eigenvalue weighted by Crippen LogP contribution is 2.41. The van der Waals surface area contributed by atoms with Crippen molar-refractivity contribution in [2.24, 2.45) is 0 Å². The van der Waals surface area contributed by atoms with Crippen LogP contribution in [0.5, 0.6) is 0 Å². The average molecular weight is 220 g/mol. The van der Waals surface area contributed by atoms with Crippen molar-refractivity contribution in [1.82, 2.24) is 0 Å². The lowest BCUT2D eigenvalue weighted by Gasteiger charge is -2.11. The van der Waals surface area contributed by atoms with Gasteiger partial charge in [0.05, 0.1) is 6.61 Å². The molecule has 1 atom stereocenters. The Morgan fingerprint density at radius 3 is 2.43 bits per heavy atom. The van der Waals surface area contributed by atoms with Crippen LogP contribution < -0.4 is 0 Å². The molecule has 0 aliphatic heterocycles. The van der Waals surface area contributed by atoms with Crippen LogP contribution >= 0.6 is 7.37 Å². The van der Waals surface area contributed by atoms with Crippen molar-refractivity contribution < 1.29 is 18.6 Å². The summed E-state index contributed by atoms with van der Waals surface area (Å²) in [5.41, 5.74) is 0.347. The molecule has 0 aromatic heterocycles. The molecule has 0 rings (SSSR count). The summed E-state index contributed by atoms with van der Waals surface area (Å²) < 4.78 is 21.2. The van der Waals surface area contributed by atoms with Gasteiger partial charge in [0, 0.05) is 18.4 Å². The van der Waals surface area contributed by atoms with Gasteiger partial charge in [0.15, 0.2) is 7.37 Å². The third kappa shape index (κ3) is 5.95. The van der Waals surface area contributed by atoms with Gasteiger partial charge in [0.1, 0.15) is 6.61 Å². The van der Waals surface area contributed by atoms with Gasteiger partial charge in [-0.05, 0) is 6.92 Å². The number of carbonyl (C=O) groups is 1. The normalized spacial score (nSPS) is 14.5. The van der Waals surface area contributed by atoms with Crippen molar-refractivity contribution >= 4 is 13.3 Å². The lowest BCUT2D eigenvalue weighted by Crippen LogP contribution is -2.10. The van der Waals surface area contributed by atoms with Crippen LogP contribution in [0.25, 0.3) is 0 Å². The van der Waals surface area contributed by atoms with Gasteiger partial charge >= 0.3 is 5.97 Å². The maximum Gasteiger partial charge on any atom is 0.333 e. The zero-order valence-corrected chi connectivity index (χ0v) is 9.80.